The Morgan fingerprint density at radius 2 is 1.95 bits per heavy atom. The molecule has 0 saturated heterocycles. The first-order chi connectivity index (χ1) is 10.3. The summed E-state index contributed by atoms with van der Waals surface area (Å²) in [6, 6.07) is 4.52. The second-order valence-corrected chi connectivity index (χ2v) is 5.72. The molecule has 0 atom stereocenters. The smallest absolute Gasteiger partial charge is 0.271 e. The number of hydrogen-bond donors (Lipinski definition) is 1. The number of amides is 2. The highest BCUT2D eigenvalue weighted by Gasteiger charge is 2.42. The second kappa shape index (κ2) is 5.87. The van der Waals surface area contributed by atoms with E-state index in [1.165, 1.54) is 17.0 Å². The van der Waals surface area contributed by atoms with Crippen molar-refractivity contribution < 1.29 is 19.4 Å². The minimum Gasteiger partial charge on any atom is -0.508 e. The van der Waals surface area contributed by atoms with Gasteiger partial charge in [0.25, 0.3) is 5.91 Å². The predicted octanol–water partition coefficient (Wildman–Crippen LogP) is 1.76. The minimum absolute atomic E-state index is 0.0366. The highest BCUT2D eigenvalue weighted by atomic mass is 16.5. The second-order valence-electron chi connectivity index (χ2n) is 5.72. The molecule has 0 aliphatic carbocycles. The number of ether oxygens (including phenoxy) is 1. The molecule has 2 amide bonds. The van der Waals surface area contributed by atoms with Gasteiger partial charge in [0.2, 0.25) is 5.91 Å². The summed E-state index contributed by atoms with van der Waals surface area (Å²) < 4.78 is 5.66. The number of carbonyl (C=O) groups excluding carboxylic acids is 2. The van der Waals surface area contributed by atoms with Gasteiger partial charge in [-0.05, 0) is 39.8 Å². The van der Waals surface area contributed by atoms with Gasteiger partial charge in [0.05, 0.1) is 5.69 Å². The minimum atomic E-state index is -1.08. The Balaban J connectivity index is 2.37. The largest absolute Gasteiger partial charge is 0.508 e. The van der Waals surface area contributed by atoms with Crippen molar-refractivity contribution in [1.82, 2.24) is 4.90 Å². The number of likely N-dealkylation sites (N-methyl/N-ethyl adjacent to an activating group) is 1. The van der Waals surface area contributed by atoms with Crippen molar-refractivity contribution in [1.29, 1.82) is 0 Å². The fourth-order valence-electron chi connectivity index (χ4n) is 2.53. The van der Waals surface area contributed by atoms with Crippen LogP contribution in [0.3, 0.4) is 0 Å². The summed E-state index contributed by atoms with van der Waals surface area (Å²) >= 11 is 0. The van der Waals surface area contributed by atoms with Crippen molar-refractivity contribution >= 4 is 17.5 Å². The van der Waals surface area contributed by atoms with E-state index in [4.69, 9.17) is 4.74 Å². The van der Waals surface area contributed by atoms with Crippen LogP contribution in [-0.2, 0) is 9.59 Å². The van der Waals surface area contributed by atoms with Crippen LogP contribution in [-0.4, -0.2) is 47.1 Å². The number of phenols is 1. The zero-order valence-electron chi connectivity index (χ0n) is 13.4. The molecule has 0 fully saturated rings. The first-order valence-electron chi connectivity index (χ1n) is 7.42. The summed E-state index contributed by atoms with van der Waals surface area (Å²) in [6.07, 6.45) is 0. The molecule has 1 aromatic rings. The summed E-state index contributed by atoms with van der Waals surface area (Å²) in [7, 11) is 0. The molecule has 6 nitrogen and oxygen atoms in total. The van der Waals surface area contributed by atoms with E-state index < -0.39 is 5.60 Å². The summed E-state index contributed by atoms with van der Waals surface area (Å²) in [5, 5.41) is 9.60. The van der Waals surface area contributed by atoms with Crippen LogP contribution < -0.4 is 9.64 Å². The van der Waals surface area contributed by atoms with Crippen molar-refractivity contribution in [2.75, 3.05) is 24.5 Å². The van der Waals surface area contributed by atoms with Gasteiger partial charge >= 0.3 is 0 Å². The fraction of sp³-hybridized carbons (Fsp3) is 0.500. The molecule has 0 spiro atoms. The van der Waals surface area contributed by atoms with Crippen LogP contribution in [0.1, 0.15) is 27.7 Å². The van der Waals surface area contributed by atoms with Crippen molar-refractivity contribution in [3.8, 4) is 11.5 Å². The standard InChI is InChI=1S/C16H22N2O4/c1-5-17(6-2)14(20)10-18-12-8-7-11(19)9-13(12)22-16(3,4)15(18)21/h7-9,19H,5-6,10H2,1-4H3. The summed E-state index contributed by atoms with van der Waals surface area (Å²) in [5.41, 5.74) is -0.577. The number of hydrogen-bond acceptors (Lipinski definition) is 4. The number of benzene rings is 1. The van der Waals surface area contributed by atoms with E-state index in [1.807, 2.05) is 13.8 Å². The van der Waals surface area contributed by atoms with E-state index >= 15 is 0 Å². The molecule has 0 aromatic heterocycles. The van der Waals surface area contributed by atoms with Gasteiger partial charge in [-0.25, -0.2) is 0 Å². The number of nitrogens with zero attached hydrogens (tertiary/aromatic N) is 2. The lowest BCUT2D eigenvalue weighted by Crippen LogP contribution is -2.55. The van der Waals surface area contributed by atoms with Gasteiger partial charge < -0.3 is 14.7 Å². The Kier molecular flexibility index (Phi) is 4.30. The third kappa shape index (κ3) is 2.86. The fourth-order valence-corrected chi connectivity index (χ4v) is 2.53. The highest BCUT2D eigenvalue weighted by Crippen LogP contribution is 2.39. The summed E-state index contributed by atoms with van der Waals surface area (Å²) in [4.78, 5) is 28.1. The Bertz CT molecular complexity index is 594. The molecule has 1 aliphatic heterocycles. The van der Waals surface area contributed by atoms with Crippen molar-refractivity contribution in [3.63, 3.8) is 0 Å². The quantitative estimate of drug-likeness (QED) is 0.920. The first kappa shape index (κ1) is 16.1. The SMILES string of the molecule is CCN(CC)C(=O)CN1C(=O)C(C)(C)Oc2cc(O)ccc21. The molecule has 120 valence electrons. The summed E-state index contributed by atoms with van der Waals surface area (Å²) in [6.45, 7) is 8.26. The molecule has 0 unspecified atom stereocenters. The predicted molar refractivity (Wildman–Crippen MR) is 83.1 cm³/mol. The molecule has 1 aromatic carbocycles. The van der Waals surface area contributed by atoms with Crippen LogP contribution >= 0.6 is 0 Å². The number of carbonyl (C=O) groups is 2. The maximum absolute atomic E-state index is 12.6. The van der Waals surface area contributed by atoms with Crippen molar-refractivity contribution in [3.05, 3.63) is 18.2 Å². The van der Waals surface area contributed by atoms with Gasteiger partial charge in [0.15, 0.2) is 5.60 Å². The first-order valence-corrected chi connectivity index (χ1v) is 7.42. The van der Waals surface area contributed by atoms with E-state index in [1.54, 1.807) is 24.8 Å². The molecule has 1 heterocycles. The zero-order chi connectivity index (χ0) is 16.5. The lowest BCUT2D eigenvalue weighted by molar-refractivity contribution is -0.136. The van der Waals surface area contributed by atoms with Crippen LogP contribution in [0, 0.1) is 0 Å². The van der Waals surface area contributed by atoms with Gasteiger partial charge in [0, 0.05) is 19.2 Å². The van der Waals surface area contributed by atoms with Crippen LogP contribution in [0.2, 0.25) is 0 Å². The Morgan fingerprint density at radius 1 is 1.32 bits per heavy atom. The molecular weight excluding hydrogens is 284 g/mol. The van der Waals surface area contributed by atoms with E-state index in [-0.39, 0.29) is 24.1 Å². The van der Waals surface area contributed by atoms with Gasteiger partial charge in [-0.3, -0.25) is 14.5 Å². The molecule has 0 bridgehead atoms. The average Bonchev–Trinajstić information content (AvgIpc) is 2.44. The van der Waals surface area contributed by atoms with Crippen molar-refractivity contribution in [2.24, 2.45) is 0 Å². The maximum Gasteiger partial charge on any atom is 0.271 e. The Morgan fingerprint density at radius 3 is 2.55 bits per heavy atom. The molecular formula is C16H22N2O4. The number of rotatable bonds is 4. The van der Waals surface area contributed by atoms with Gasteiger partial charge in [0.1, 0.15) is 18.0 Å². The summed E-state index contributed by atoms with van der Waals surface area (Å²) in [5.74, 6) is 0.0668. The van der Waals surface area contributed by atoms with E-state index in [2.05, 4.69) is 0 Å². The molecule has 1 N–H and O–H groups in total. The van der Waals surface area contributed by atoms with Crippen LogP contribution in [0.15, 0.2) is 18.2 Å². The highest BCUT2D eigenvalue weighted by molar-refractivity contribution is 6.05. The third-order valence-corrected chi connectivity index (χ3v) is 3.77. The lowest BCUT2D eigenvalue weighted by Gasteiger charge is -2.39. The monoisotopic (exact) mass is 306 g/mol. The average molecular weight is 306 g/mol. The third-order valence-electron chi connectivity index (χ3n) is 3.77. The maximum atomic E-state index is 12.6. The van der Waals surface area contributed by atoms with E-state index in [0.29, 0.717) is 24.5 Å². The number of anilines is 1. The number of aromatic hydroxyl groups is 1. The Labute approximate surface area is 130 Å². The number of phenolic OH excluding ortho intramolecular Hbond substituents is 1. The topological polar surface area (TPSA) is 70.1 Å². The zero-order valence-corrected chi connectivity index (χ0v) is 13.4. The molecule has 22 heavy (non-hydrogen) atoms. The van der Waals surface area contributed by atoms with E-state index in [0.717, 1.165) is 0 Å². The molecule has 0 saturated carbocycles. The van der Waals surface area contributed by atoms with Gasteiger partial charge in [-0.2, -0.15) is 0 Å². The number of fused-ring (bicyclic) bond motifs is 1. The Hall–Kier alpha value is -2.24. The molecule has 1 aliphatic rings. The molecule has 2 rings (SSSR count). The van der Waals surface area contributed by atoms with Crippen LogP contribution in [0.4, 0.5) is 5.69 Å². The lowest BCUT2D eigenvalue weighted by atomic mass is 10.0. The molecule has 6 heteroatoms. The molecule has 0 radical (unpaired) electrons. The normalized spacial score (nSPS) is 16.0. The van der Waals surface area contributed by atoms with Gasteiger partial charge in [-0.15, -0.1) is 0 Å². The van der Waals surface area contributed by atoms with Crippen molar-refractivity contribution in [2.45, 2.75) is 33.3 Å². The van der Waals surface area contributed by atoms with Gasteiger partial charge in [-0.1, -0.05) is 0 Å². The van der Waals surface area contributed by atoms with E-state index in [9.17, 15) is 14.7 Å². The van der Waals surface area contributed by atoms with Crippen LogP contribution in [0.25, 0.3) is 0 Å². The van der Waals surface area contributed by atoms with Crippen LogP contribution in [0.5, 0.6) is 11.5 Å².